The molecule has 6 nitrogen and oxygen atoms in total. The Morgan fingerprint density at radius 3 is 2.65 bits per heavy atom. The molecule has 0 saturated heterocycles. The SMILES string of the molecule is COc1ccccc1C(=O)Nc1nc(S(C)(=O)=O)cs1. The highest BCUT2D eigenvalue weighted by Crippen LogP contribution is 2.22. The van der Waals surface area contributed by atoms with Gasteiger partial charge in [0.1, 0.15) is 5.75 Å². The number of nitrogens with one attached hydrogen (secondary N) is 1. The Labute approximate surface area is 120 Å². The van der Waals surface area contributed by atoms with Crippen LogP contribution >= 0.6 is 11.3 Å². The number of methoxy groups -OCH3 is 1. The van der Waals surface area contributed by atoms with Crippen molar-refractivity contribution in [2.75, 3.05) is 18.7 Å². The monoisotopic (exact) mass is 312 g/mol. The molecule has 20 heavy (non-hydrogen) atoms. The number of aromatic nitrogens is 1. The van der Waals surface area contributed by atoms with Gasteiger partial charge < -0.3 is 4.74 Å². The molecule has 2 aromatic rings. The van der Waals surface area contributed by atoms with E-state index < -0.39 is 15.7 Å². The molecule has 0 bridgehead atoms. The summed E-state index contributed by atoms with van der Waals surface area (Å²) in [6.45, 7) is 0. The average molecular weight is 312 g/mol. The van der Waals surface area contributed by atoms with E-state index in [4.69, 9.17) is 4.74 Å². The van der Waals surface area contributed by atoms with E-state index in [1.807, 2.05) is 0 Å². The lowest BCUT2D eigenvalue weighted by molar-refractivity contribution is 0.102. The van der Waals surface area contributed by atoms with Gasteiger partial charge in [0.15, 0.2) is 20.0 Å². The van der Waals surface area contributed by atoms with E-state index in [0.29, 0.717) is 11.3 Å². The molecule has 0 atom stereocenters. The summed E-state index contributed by atoms with van der Waals surface area (Å²) in [6, 6.07) is 6.74. The van der Waals surface area contributed by atoms with Crippen LogP contribution in [0.25, 0.3) is 0 Å². The van der Waals surface area contributed by atoms with Crippen LogP contribution < -0.4 is 10.1 Å². The third-order valence-electron chi connectivity index (χ3n) is 2.44. The fourth-order valence-corrected chi connectivity index (χ4v) is 3.21. The Balaban J connectivity index is 2.22. The first-order chi connectivity index (χ1) is 9.41. The maximum absolute atomic E-state index is 12.1. The first kappa shape index (κ1) is 14.5. The Hall–Kier alpha value is -1.93. The van der Waals surface area contributed by atoms with Crippen molar-refractivity contribution >= 4 is 32.2 Å². The van der Waals surface area contributed by atoms with Crippen molar-refractivity contribution in [3.8, 4) is 5.75 Å². The van der Waals surface area contributed by atoms with E-state index in [9.17, 15) is 13.2 Å². The van der Waals surface area contributed by atoms with E-state index in [1.165, 1.54) is 12.5 Å². The summed E-state index contributed by atoms with van der Waals surface area (Å²) in [4.78, 5) is 15.9. The fourth-order valence-electron chi connectivity index (χ4n) is 1.48. The first-order valence-electron chi connectivity index (χ1n) is 5.52. The molecule has 0 aliphatic carbocycles. The van der Waals surface area contributed by atoms with Gasteiger partial charge in [-0.25, -0.2) is 13.4 Å². The van der Waals surface area contributed by atoms with Crippen LogP contribution in [0, 0.1) is 0 Å². The number of para-hydroxylation sites is 1. The van der Waals surface area contributed by atoms with Gasteiger partial charge in [0.2, 0.25) is 0 Å². The Morgan fingerprint density at radius 2 is 2.05 bits per heavy atom. The van der Waals surface area contributed by atoms with Gasteiger partial charge in [-0.05, 0) is 12.1 Å². The molecule has 1 heterocycles. The highest BCUT2D eigenvalue weighted by Gasteiger charge is 2.16. The van der Waals surface area contributed by atoms with Crippen LogP contribution in [0.15, 0.2) is 34.7 Å². The summed E-state index contributed by atoms with van der Waals surface area (Å²) in [5.41, 5.74) is 0.353. The molecule has 0 aliphatic rings. The smallest absolute Gasteiger partial charge is 0.261 e. The average Bonchev–Trinajstić information content (AvgIpc) is 2.87. The molecular formula is C12H12N2O4S2. The zero-order valence-electron chi connectivity index (χ0n) is 10.8. The summed E-state index contributed by atoms with van der Waals surface area (Å²) >= 11 is 1.05. The lowest BCUT2D eigenvalue weighted by Crippen LogP contribution is -2.13. The van der Waals surface area contributed by atoms with Crippen molar-refractivity contribution in [2.45, 2.75) is 5.03 Å². The minimum Gasteiger partial charge on any atom is -0.496 e. The van der Waals surface area contributed by atoms with Crippen LogP contribution in [-0.2, 0) is 9.84 Å². The second-order valence-corrected chi connectivity index (χ2v) is 6.74. The summed E-state index contributed by atoms with van der Waals surface area (Å²) in [5, 5.41) is 4.10. The molecule has 0 aliphatic heterocycles. The quantitative estimate of drug-likeness (QED) is 0.930. The predicted octanol–water partition coefficient (Wildman–Crippen LogP) is 1.81. The number of amides is 1. The number of thiazole rings is 1. The van der Waals surface area contributed by atoms with Crippen molar-refractivity contribution in [3.05, 3.63) is 35.2 Å². The summed E-state index contributed by atoms with van der Waals surface area (Å²) in [5.74, 6) is 0.0294. The van der Waals surface area contributed by atoms with Crippen LogP contribution in [0.4, 0.5) is 5.13 Å². The molecule has 1 N–H and O–H groups in total. The fraction of sp³-hybridized carbons (Fsp3) is 0.167. The van der Waals surface area contributed by atoms with Gasteiger partial charge >= 0.3 is 0 Å². The van der Waals surface area contributed by atoms with Crippen LogP contribution in [0.3, 0.4) is 0 Å². The van der Waals surface area contributed by atoms with Crippen LogP contribution in [0.5, 0.6) is 5.75 Å². The molecule has 1 aromatic carbocycles. The zero-order chi connectivity index (χ0) is 14.8. The van der Waals surface area contributed by atoms with Crippen LogP contribution in [-0.4, -0.2) is 32.7 Å². The molecule has 106 valence electrons. The second-order valence-electron chi connectivity index (χ2n) is 3.92. The Morgan fingerprint density at radius 1 is 1.35 bits per heavy atom. The topological polar surface area (TPSA) is 85.4 Å². The van der Waals surface area contributed by atoms with Gasteiger partial charge in [-0.2, -0.15) is 0 Å². The number of carbonyl (C=O) groups excluding carboxylic acids is 1. The summed E-state index contributed by atoms with van der Waals surface area (Å²) in [7, 11) is -1.90. The zero-order valence-corrected chi connectivity index (χ0v) is 12.4. The van der Waals surface area contributed by atoms with E-state index in [-0.39, 0.29) is 10.2 Å². The highest BCUT2D eigenvalue weighted by molar-refractivity contribution is 7.90. The number of hydrogen-bond donors (Lipinski definition) is 1. The number of carbonyl (C=O) groups is 1. The van der Waals surface area contributed by atoms with Gasteiger partial charge in [-0.1, -0.05) is 12.1 Å². The normalized spacial score (nSPS) is 11.1. The number of hydrogen-bond acceptors (Lipinski definition) is 6. The maximum Gasteiger partial charge on any atom is 0.261 e. The predicted molar refractivity (Wildman–Crippen MR) is 76.2 cm³/mol. The van der Waals surface area contributed by atoms with Crippen molar-refractivity contribution in [1.82, 2.24) is 4.98 Å². The Kier molecular flexibility index (Phi) is 4.05. The van der Waals surface area contributed by atoms with Crippen molar-refractivity contribution in [1.29, 1.82) is 0 Å². The van der Waals surface area contributed by atoms with Crippen molar-refractivity contribution in [3.63, 3.8) is 0 Å². The second kappa shape index (κ2) is 5.59. The molecular weight excluding hydrogens is 300 g/mol. The lowest BCUT2D eigenvalue weighted by Gasteiger charge is -2.06. The standard InChI is InChI=1S/C12H12N2O4S2/c1-18-9-6-4-3-5-8(9)11(15)14-12-13-10(7-19-12)20(2,16)17/h3-7H,1-2H3,(H,13,14,15). The maximum atomic E-state index is 12.1. The van der Waals surface area contributed by atoms with E-state index in [2.05, 4.69) is 10.3 Å². The molecule has 8 heteroatoms. The van der Waals surface area contributed by atoms with Gasteiger partial charge in [0.25, 0.3) is 5.91 Å². The number of rotatable bonds is 4. The number of sulfone groups is 1. The van der Waals surface area contributed by atoms with Gasteiger partial charge in [0.05, 0.1) is 12.7 Å². The van der Waals surface area contributed by atoms with Crippen molar-refractivity contribution in [2.24, 2.45) is 0 Å². The minimum absolute atomic E-state index is 0.0576. The van der Waals surface area contributed by atoms with E-state index in [1.54, 1.807) is 24.3 Å². The summed E-state index contributed by atoms with van der Waals surface area (Å²) in [6.07, 6.45) is 1.06. The van der Waals surface area contributed by atoms with E-state index in [0.717, 1.165) is 17.6 Å². The van der Waals surface area contributed by atoms with Gasteiger partial charge in [0, 0.05) is 11.6 Å². The summed E-state index contributed by atoms with van der Waals surface area (Å²) < 4.78 is 27.7. The lowest BCUT2D eigenvalue weighted by atomic mass is 10.2. The number of benzene rings is 1. The van der Waals surface area contributed by atoms with Crippen molar-refractivity contribution < 1.29 is 17.9 Å². The van der Waals surface area contributed by atoms with E-state index >= 15 is 0 Å². The third-order valence-corrected chi connectivity index (χ3v) is 4.31. The molecule has 1 aromatic heterocycles. The van der Waals surface area contributed by atoms with Crippen LogP contribution in [0.1, 0.15) is 10.4 Å². The molecule has 1 amide bonds. The minimum atomic E-state index is -3.37. The number of ether oxygens (including phenoxy) is 1. The molecule has 0 saturated carbocycles. The molecule has 0 spiro atoms. The van der Waals surface area contributed by atoms with Gasteiger partial charge in [-0.15, -0.1) is 11.3 Å². The molecule has 0 fully saturated rings. The van der Waals surface area contributed by atoms with Gasteiger partial charge in [-0.3, -0.25) is 10.1 Å². The largest absolute Gasteiger partial charge is 0.496 e. The highest BCUT2D eigenvalue weighted by atomic mass is 32.2. The number of anilines is 1. The molecule has 0 radical (unpaired) electrons. The molecule has 0 unspecified atom stereocenters. The Bertz CT molecular complexity index is 737. The first-order valence-corrected chi connectivity index (χ1v) is 8.29. The third kappa shape index (κ3) is 3.14. The number of nitrogens with zero attached hydrogens (tertiary/aromatic N) is 1. The van der Waals surface area contributed by atoms with Crippen LogP contribution in [0.2, 0.25) is 0 Å². The molecule has 2 rings (SSSR count).